The summed E-state index contributed by atoms with van der Waals surface area (Å²) in [6.07, 6.45) is -4.70. The molecule has 1 aliphatic heterocycles. The predicted octanol–water partition coefficient (Wildman–Crippen LogP) is 5.45. The molecule has 45 heavy (non-hydrogen) atoms. The molecule has 1 atom stereocenters. The molecule has 0 radical (unpaired) electrons. The summed E-state index contributed by atoms with van der Waals surface area (Å²) in [6.45, 7) is 0.0422. The lowest BCUT2D eigenvalue weighted by molar-refractivity contribution is -0.384. The van der Waals surface area contributed by atoms with E-state index >= 15 is 0 Å². The molecule has 3 heterocycles. The normalized spacial score (nSPS) is 14.2. The molecule has 0 saturated heterocycles. The molecule has 0 saturated carbocycles. The summed E-state index contributed by atoms with van der Waals surface area (Å²) in [4.78, 5) is 29.9. The Labute approximate surface area is 248 Å². The first-order valence-corrected chi connectivity index (χ1v) is 12.9. The number of halogens is 3. The maximum atomic E-state index is 14.1. The third kappa shape index (κ3) is 5.16. The van der Waals surface area contributed by atoms with E-state index in [2.05, 4.69) is 25.3 Å². The number of nitrogens with zero attached hydrogens (tertiary/aromatic N) is 6. The highest BCUT2D eigenvalue weighted by molar-refractivity contribution is 5.92. The monoisotopic (exact) mass is 619 g/mol. The number of rotatable bonds is 7. The highest BCUT2D eigenvalue weighted by atomic mass is 19.4. The van der Waals surface area contributed by atoms with Crippen molar-refractivity contribution in [2.24, 2.45) is 5.11 Å². The van der Waals surface area contributed by atoms with Crippen molar-refractivity contribution in [3.63, 3.8) is 0 Å². The van der Waals surface area contributed by atoms with Crippen LogP contribution in [-0.2, 0) is 6.18 Å². The van der Waals surface area contributed by atoms with Gasteiger partial charge >= 0.3 is 11.9 Å². The number of hydrogen-bond donors (Lipinski definition) is 1. The number of nitrogens with one attached hydrogen (secondary N) is 1. The number of hydrogen-bond acceptors (Lipinski definition) is 12. The van der Waals surface area contributed by atoms with Crippen LogP contribution in [0.3, 0.4) is 0 Å². The van der Waals surface area contributed by atoms with Crippen LogP contribution in [0.15, 0.2) is 74.8 Å². The predicted molar refractivity (Wildman–Crippen MR) is 142 cm³/mol. The fourth-order valence-corrected chi connectivity index (χ4v) is 5.18. The first-order valence-electron chi connectivity index (χ1n) is 12.9. The molecule has 14 nitrogen and oxygen atoms in total. The van der Waals surface area contributed by atoms with E-state index in [1.807, 2.05) is 0 Å². The minimum atomic E-state index is -4.88. The molecule has 2 aromatic heterocycles. The van der Waals surface area contributed by atoms with Gasteiger partial charge in [0, 0.05) is 39.8 Å². The molecular weight excluding hydrogens is 603 g/mol. The number of alkyl halides is 3. The number of carboxylic acid groups (broad SMARTS) is 1. The number of ether oxygens (including phenoxy) is 1. The summed E-state index contributed by atoms with van der Waals surface area (Å²) in [6, 6.07) is 14.1. The first kappa shape index (κ1) is 28.9. The minimum Gasteiger partial charge on any atom is -0.545 e. The van der Waals surface area contributed by atoms with E-state index < -0.39 is 57.3 Å². The van der Waals surface area contributed by atoms with Gasteiger partial charge in [0.05, 0.1) is 17.5 Å². The molecule has 0 amide bonds. The van der Waals surface area contributed by atoms with Gasteiger partial charge in [-0.15, -0.1) is 0 Å². The third-order valence-corrected chi connectivity index (χ3v) is 7.07. The topological polar surface area (TPSA) is 208 Å². The van der Waals surface area contributed by atoms with E-state index in [4.69, 9.17) is 19.3 Å². The average Bonchev–Trinajstić information content (AvgIpc) is 3.69. The van der Waals surface area contributed by atoms with Gasteiger partial charge in [-0.2, -0.15) is 18.2 Å². The number of benzene rings is 3. The van der Waals surface area contributed by atoms with Crippen LogP contribution in [0.2, 0.25) is 0 Å². The molecule has 3 aromatic carbocycles. The van der Waals surface area contributed by atoms with E-state index in [1.54, 1.807) is 18.2 Å². The van der Waals surface area contributed by atoms with Gasteiger partial charge in [0.25, 0.3) is 5.89 Å². The summed E-state index contributed by atoms with van der Waals surface area (Å²) in [7, 11) is 0. The fourth-order valence-electron chi connectivity index (χ4n) is 5.18. The van der Waals surface area contributed by atoms with Crippen molar-refractivity contribution in [2.45, 2.75) is 18.5 Å². The van der Waals surface area contributed by atoms with Crippen LogP contribution in [0.4, 0.5) is 24.5 Å². The summed E-state index contributed by atoms with van der Waals surface area (Å²) in [5.74, 6) is -3.70. The van der Waals surface area contributed by atoms with Gasteiger partial charge in [-0.1, -0.05) is 52.8 Å². The zero-order valence-corrected chi connectivity index (χ0v) is 22.4. The van der Waals surface area contributed by atoms with Gasteiger partial charge in [0.15, 0.2) is 5.11 Å². The Morgan fingerprint density at radius 2 is 1.84 bits per heavy atom. The number of carbonyl (C=O) groups is 1. The molecule has 226 valence electrons. The molecule has 1 N–H and O–H groups in total. The molecule has 1 unspecified atom stereocenters. The van der Waals surface area contributed by atoms with Gasteiger partial charge in [0.2, 0.25) is 22.2 Å². The van der Waals surface area contributed by atoms with Crippen molar-refractivity contribution < 1.29 is 41.8 Å². The van der Waals surface area contributed by atoms with Crippen molar-refractivity contribution in [1.29, 1.82) is 5.53 Å². The maximum absolute atomic E-state index is 14.1. The second-order valence-corrected chi connectivity index (χ2v) is 9.60. The number of fused-ring (bicyclic) bond motifs is 1. The van der Waals surface area contributed by atoms with Crippen LogP contribution in [0.5, 0.6) is 5.75 Å². The standard InChI is InChI=1S/C28H16F3N7O7/c29-28(30,31)21-22(13-4-2-1-3-5-13)35-44-24(21)26-33-25(36-45-26)14-6-7-15-16(10-11-43-19(15)12-14)20-17(27(39)40)8-9-18(38(41)42)23(20)34-37-32/h1-9,12,16,32H,10-11H2. The van der Waals surface area contributed by atoms with Gasteiger partial charge in [-0.05, 0) is 18.6 Å². The summed E-state index contributed by atoms with van der Waals surface area (Å²) >= 11 is 0. The molecule has 6 rings (SSSR count). The van der Waals surface area contributed by atoms with Crippen molar-refractivity contribution >= 4 is 17.3 Å². The lowest BCUT2D eigenvalue weighted by Crippen LogP contribution is -2.26. The van der Waals surface area contributed by atoms with Gasteiger partial charge in [0.1, 0.15) is 22.5 Å². The molecule has 0 spiro atoms. The van der Waals surface area contributed by atoms with Crippen LogP contribution < -0.4 is 14.8 Å². The summed E-state index contributed by atoms with van der Waals surface area (Å²) in [5.41, 5.74) is 4.89. The summed E-state index contributed by atoms with van der Waals surface area (Å²) < 4.78 is 58.3. The number of aromatic carboxylic acids is 1. The van der Waals surface area contributed by atoms with Crippen LogP contribution >= 0.6 is 0 Å². The van der Waals surface area contributed by atoms with Crippen molar-refractivity contribution in [3.05, 3.63) is 93.0 Å². The number of carboxylic acids is 1. The number of aromatic nitrogens is 3. The second-order valence-electron chi connectivity index (χ2n) is 9.60. The second kappa shape index (κ2) is 11.1. The number of nitro benzene ring substituents is 1. The Kier molecular flexibility index (Phi) is 7.14. The van der Waals surface area contributed by atoms with E-state index in [1.165, 1.54) is 30.3 Å². The number of carbonyl (C=O) groups excluding carboxylic acids is 1. The Hall–Kier alpha value is -6.22. The zero-order chi connectivity index (χ0) is 31.9. The van der Waals surface area contributed by atoms with Crippen LogP contribution in [0, 0.1) is 15.6 Å². The van der Waals surface area contributed by atoms with Crippen LogP contribution in [0.25, 0.3) is 34.3 Å². The van der Waals surface area contributed by atoms with Crippen LogP contribution in [0.1, 0.15) is 39.4 Å². The SMILES string of the molecule is N=[N+]=Nc1c([N+](=O)[O-])ccc(C(=O)[O-])c1C1CCOc2cc(-c3noc(-c4onc(-c5ccccc5)c4C(F)(F)F)n3)ccc21. The van der Waals surface area contributed by atoms with Gasteiger partial charge in [-0.3, -0.25) is 10.1 Å². The Morgan fingerprint density at radius 3 is 2.53 bits per heavy atom. The molecule has 1 aliphatic rings. The van der Waals surface area contributed by atoms with Crippen LogP contribution in [-0.4, -0.2) is 32.8 Å². The highest BCUT2D eigenvalue weighted by Gasteiger charge is 2.43. The molecule has 5 aromatic rings. The lowest BCUT2D eigenvalue weighted by atomic mass is 9.82. The van der Waals surface area contributed by atoms with Gasteiger partial charge < -0.3 is 23.7 Å². The smallest absolute Gasteiger partial charge is 0.422 e. The highest BCUT2D eigenvalue weighted by Crippen LogP contribution is 2.47. The summed E-state index contributed by atoms with van der Waals surface area (Å²) in [5, 5.41) is 34.6. The van der Waals surface area contributed by atoms with Gasteiger partial charge in [-0.25, -0.2) is 0 Å². The molecule has 0 bridgehead atoms. The van der Waals surface area contributed by atoms with E-state index in [0.717, 1.165) is 12.1 Å². The molecular formula is C28H16F3N7O7. The lowest BCUT2D eigenvalue weighted by Gasteiger charge is -2.28. The maximum Gasteiger partial charge on any atom is 0.422 e. The first-order chi connectivity index (χ1) is 21.6. The number of nitro groups is 1. The average molecular weight is 619 g/mol. The Morgan fingerprint density at radius 1 is 1.07 bits per heavy atom. The van der Waals surface area contributed by atoms with Crippen molar-refractivity contribution in [1.82, 2.24) is 20.2 Å². The molecule has 17 heteroatoms. The largest absolute Gasteiger partial charge is 0.545 e. The molecule has 0 aliphatic carbocycles. The Bertz CT molecular complexity index is 2020. The quantitative estimate of drug-likeness (QED) is 0.105. The van der Waals surface area contributed by atoms with E-state index in [-0.39, 0.29) is 46.9 Å². The fraction of sp³-hybridized carbons (Fsp3) is 0.143. The van der Waals surface area contributed by atoms with E-state index in [9.17, 15) is 33.2 Å². The van der Waals surface area contributed by atoms with E-state index in [0.29, 0.717) is 5.56 Å². The van der Waals surface area contributed by atoms with Crippen molar-refractivity contribution in [3.8, 4) is 40.0 Å². The zero-order valence-electron chi connectivity index (χ0n) is 22.4. The Balaban J connectivity index is 1.41. The van der Waals surface area contributed by atoms with Crippen molar-refractivity contribution in [2.75, 3.05) is 6.61 Å². The third-order valence-electron chi connectivity index (χ3n) is 7.07. The minimum absolute atomic E-state index is 0.0422. The molecule has 0 fully saturated rings.